The number of anilines is 2. The van der Waals surface area contributed by atoms with Gasteiger partial charge in [0.1, 0.15) is 0 Å². The van der Waals surface area contributed by atoms with Crippen molar-refractivity contribution in [2.45, 2.75) is 26.2 Å². The Bertz CT molecular complexity index is 769. The molecule has 1 aliphatic carbocycles. The summed E-state index contributed by atoms with van der Waals surface area (Å²) in [6.45, 7) is 3.40. The van der Waals surface area contributed by atoms with Gasteiger partial charge in [0.05, 0.1) is 9.88 Å². The lowest BCUT2D eigenvalue weighted by molar-refractivity contribution is -0.117. The number of carbonyl (C=O) groups excluding carboxylic acids is 2. The van der Waals surface area contributed by atoms with E-state index in [1.807, 2.05) is 31.2 Å². The van der Waals surface area contributed by atoms with Gasteiger partial charge in [0, 0.05) is 31.7 Å². The first-order valence-corrected chi connectivity index (χ1v) is 9.82. The molecule has 1 aliphatic rings. The van der Waals surface area contributed by atoms with Crippen LogP contribution in [-0.2, 0) is 4.79 Å². The molecule has 0 unspecified atom stereocenters. The standard InChI is InChI=1S/C20H25N3O2S/c1-14-13-17(22-19(24)15-9-10-15)26-18(14)20(25)21-11-6-12-23(2)16-7-4-3-5-8-16/h3-5,7-8,13,15H,6,9-12H2,1-2H3,(H,21,25)(H,22,24). The lowest BCUT2D eigenvalue weighted by Crippen LogP contribution is -2.28. The number of hydrogen-bond acceptors (Lipinski definition) is 4. The molecule has 0 aliphatic heterocycles. The van der Waals surface area contributed by atoms with Crippen molar-refractivity contribution in [3.63, 3.8) is 0 Å². The molecule has 1 aromatic heterocycles. The van der Waals surface area contributed by atoms with Crippen molar-refractivity contribution in [3.8, 4) is 0 Å². The zero-order valence-electron chi connectivity index (χ0n) is 15.2. The molecular weight excluding hydrogens is 346 g/mol. The minimum absolute atomic E-state index is 0.0678. The largest absolute Gasteiger partial charge is 0.375 e. The molecule has 1 fully saturated rings. The highest BCUT2D eigenvalue weighted by Crippen LogP contribution is 2.32. The average molecular weight is 372 g/mol. The van der Waals surface area contributed by atoms with Gasteiger partial charge >= 0.3 is 0 Å². The van der Waals surface area contributed by atoms with Crippen LogP contribution in [0.1, 0.15) is 34.5 Å². The molecule has 2 N–H and O–H groups in total. The summed E-state index contributed by atoms with van der Waals surface area (Å²) in [5.41, 5.74) is 2.07. The third kappa shape index (κ3) is 4.85. The van der Waals surface area contributed by atoms with Crippen LogP contribution >= 0.6 is 11.3 Å². The van der Waals surface area contributed by atoms with Gasteiger partial charge in [0.2, 0.25) is 5.91 Å². The average Bonchev–Trinajstić information content (AvgIpc) is 3.43. The molecule has 138 valence electrons. The van der Waals surface area contributed by atoms with E-state index >= 15 is 0 Å². The minimum Gasteiger partial charge on any atom is -0.375 e. The van der Waals surface area contributed by atoms with Gasteiger partial charge < -0.3 is 15.5 Å². The number of para-hydroxylation sites is 1. The summed E-state index contributed by atoms with van der Waals surface area (Å²) in [5, 5.41) is 6.65. The lowest BCUT2D eigenvalue weighted by Gasteiger charge is -2.19. The molecule has 0 radical (unpaired) electrons. The van der Waals surface area contributed by atoms with Crippen molar-refractivity contribution in [1.82, 2.24) is 5.32 Å². The molecule has 6 heteroatoms. The molecule has 0 spiro atoms. The SMILES string of the molecule is Cc1cc(NC(=O)C2CC2)sc1C(=O)NCCCN(C)c1ccccc1. The van der Waals surface area contributed by atoms with Gasteiger partial charge in [0.15, 0.2) is 0 Å². The van der Waals surface area contributed by atoms with Gasteiger partial charge in [-0.25, -0.2) is 0 Å². The number of nitrogens with one attached hydrogen (secondary N) is 2. The van der Waals surface area contributed by atoms with E-state index in [4.69, 9.17) is 0 Å². The maximum absolute atomic E-state index is 12.4. The zero-order valence-corrected chi connectivity index (χ0v) is 16.1. The normalized spacial score (nSPS) is 13.3. The van der Waals surface area contributed by atoms with Crippen LogP contribution in [0.3, 0.4) is 0 Å². The van der Waals surface area contributed by atoms with Crippen molar-refractivity contribution in [2.24, 2.45) is 5.92 Å². The quantitative estimate of drug-likeness (QED) is 0.696. The maximum Gasteiger partial charge on any atom is 0.261 e. The lowest BCUT2D eigenvalue weighted by atomic mass is 10.2. The summed E-state index contributed by atoms with van der Waals surface area (Å²) >= 11 is 1.35. The Morgan fingerprint density at radius 3 is 2.65 bits per heavy atom. The van der Waals surface area contributed by atoms with Crippen molar-refractivity contribution in [2.75, 3.05) is 30.4 Å². The summed E-state index contributed by atoms with van der Waals surface area (Å²) in [7, 11) is 2.05. The molecule has 1 heterocycles. The molecule has 1 saturated carbocycles. The summed E-state index contributed by atoms with van der Waals surface area (Å²) in [6.07, 6.45) is 2.81. The zero-order chi connectivity index (χ0) is 18.5. The van der Waals surface area contributed by atoms with Crippen LogP contribution in [0.2, 0.25) is 0 Å². The molecule has 3 rings (SSSR count). The van der Waals surface area contributed by atoms with Crippen molar-refractivity contribution in [1.29, 1.82) is 0 Å². The molecule has 1 aromatic carbocycles. The van der Waals surface area contributed by atoms with Gasteiger partial charge in [-0.05, 0) is 49.9 Å². The summed E-state index contributed by atoms with van der Waals surface area (Å²) in [6, 6.07) is 12.1. The fourth-order valence-electron chi connectivity index (χ4n) is 2.75. The Balaban J connectivity index is 1.44. The maximum atomic E-state index is 12.4. The first-order valence-electron chi connectivity index (χ1n) is 9.00. The van der Waals surface area contributed by atoms with Crippen molar-refractivity contribution < 1.29 is 9.59 Å². The Hall–Kier alpha value is -2.34. The van der Waals surface area contributed by atoms with Crippen LogP contribution in [0.4, 0.5) is 10.7 Å². The predicted octanol–water partition coefficient (Wildman–Crippen LogP) is 3.66. The van der Waals surface area contributed by atoms with E-state index in [0.717, 1.165) is 36.4 Å². The topological polar surface area (TPSA) is 61.4 Å². The number of aryl methyl sites for hydroxylation is 1. The Morgan fingerprint density at radius 2 is 1.96 bits per heavy atom. The van der Waals surface area contributed by atoms with Crippen LogP contribution in [0.25, 0.3) is 0 Å². The highest BCUT2D eigenvalue weighted by Gasteiger charge is 2.30. The fourth-order valence-corrected chi connectivity index (χ4v) is 3.74. The van der Waals surface area contributed by atoms with Gasteiger partial charge in [0.25, 0.3) is 5.91 Å². The van der Waals surface area contributed by atoms with Crippen molar-refractivity contribution >= 4 is 33.8 Å². The fraction of sp³-hybridized carbons (Fsp3) is 0.400. The highest BCUT2D eigenvalue weighted by molar-refractivity contribution is 7.18. The van der Waals surface area contributed by atoms with Gasteiger partial charge in [-0.3, -0.25) is 9.59 Å². The predicted molar refractivity (Wildman–Crippen MR) is 107 cm³/mol. The number of amides is 2. The van der Waals surface area contributed by atoms with E-state index in [-0.39, 0.29) is 17.7 Å². The number of rotatable bonds is 8. The molecule has 26 heavy (non-hydrogen) atoms. The Morgan fingerprint density at radius 1 is 1.23 bits per heavy atom. The molecule has 0 bridgehead atoms. The van der Waals surface area contributed by atoms with Crippen molar-refractivity contribution in [3.05, 3.63) is 46.8 Å². The van der Waals surface area contributed by atoms with E-state index in [1.165, 1.54) is 17.0 Å². The second-order valence-corrected chi connectivity index (χ2v) is 7.81. The van der Waals surface area contributed by atoms with Crippen LogP contribution in [0.15, 0.2) is 36.4 Å². The molecule has 0 atom stereocenters. The van der Waals surface area contributed by atoms with E-state index < -0.39 is 0 Å². The number of carbonyl (C=O) groups is 2. The molecule has 5 nitrogen and oxygen atoms in total. The molecular formula is C20H25N3O2S. The molecule has 2 aromatic rings. The minimum atomic E-state index is -0.0678. The number of nitrogens with zero attached hydrogens (tertiary/aromatic N) is 1. The third-order valence-corrected chi connectivity index (χ3v) is 5.62. The van der Waals surface area contributed by atoms with Crippen LogP contribution in [0.5, 0.6) is 0 Å². The Labute approximate surface area is 158 Å². The second-order valence-electron chi connectivity index (χ2n) is 6.75. The third-order valence-electron chi connectivity index (χ3n) is 4.47. The first-order chi connectivity index (χ1) is 12.5. The van der Waals surface area contributed by atoms with Gasteiger partial charge in [-0.15, -0.1) is 11.3 Å². The summed E-state index contributed by atoms with van der Waals surface area (Å²) < 4.78 is 0. The molecule has 2 amide bonds. The smallest absolute Gasteiger partial charge is 0.261 e. The monoisotopic (exact) mass is 371 g/mol. The second kappa shape index (κ2) is 8.36. The summed E-state index contributed by atoms with van der Waals surface area (Å²) in [4.78, 5) is 27.1. The summed E-state index contributed by atoms with van der Waals surface area (Å²) in [5.74, 6) is 0.167. The van der Waals surface area contributed by atoms with E-state index in [9.17, 15) is 9.59 Å². The number of thiophene rings is 1. The molecule has 0 saturated heterocycles. The number of benzene rings is 1. The van der Waals surface area contributed by atoms with Crippen LogP contribution < -0.4 is 15.5 Å². The number of hydrogen-bond donors (Lipinski definition) is 2. The van der Waals surface area contributed by atoms with Gasteiger partial charge in [-0.2, -0.15) is 0 Å². The van der Waals surface area contributed by atoms with E-state index in [0.29, 0.717) is 11.4 Å². The van der Waals surface area contributed by atoms with Gasteiger partial charge in [-0.1, -0.05) is 18.2 Å². The van der Waals surface area contributed by atoms with Crippen LogP contribution in [-0.4, -0.2) is 32.0 Å². The van der Waals surface area contributed by atoms with E-state index in [2.05, 4.69) is 34.7 Å². The van der Waals surface area contributed by atoms with E-state index in [1.54, 1.807) is 0 Å². The van der Waals surface area contributed by atoms with Crippen LogP contribution in [0, 0.1) is 12.8 Å². The highest BCUT2D eigenvalue weighted by atomic mass is 32.1. The first kappa shape index (κ1) is 18.5. The Kier molecular flexibility index (Phi) is 5.93.